The van der Waals surface area contributed by atoms with Crippen LogP contribution in [0.25, 0.3) is 10.9 Å². The molecule has 0 amide bonds. The maximum atomic E-state index is 12.4. The molecule has 122 valence electrons. The van der Waals surface area contributed by atoms with Gasteiger partial charge in [-0.05, 0) is 24.3 Å². The van der Waals surface area contributed by atoms with E-state index >= 15 is 0 Å². The van der Waals surface area contributed by atoms with Gasteiger partial charge in [-0.25, -0.2) is 13.4 Å². The SMILES string of the molecule is O=S(=O)(c1cccnc1)N1CC(Oc2ccc3ccccc3n2)C1. The Kier molecular flexibility index (Phi) is 3.66. The first-order valence-electron chi connectivity index (χ1n) is 7.55. The average molecular weight is 341 g/mol. The van der Waals surface area contributed by atoms with Crippen LogP contribution in [0.2, 0.25) is 0 Å². The molecule has 0 radical (unpaired) electrons. The van der Waals surface area contributed by atoms with Crippen LogP contribution >= 0.6 is 0 Å². The van der Waals surface area contributed by atoms with Gasteiger partial charge in [0.05, 0.1) is 18.6 Å². The van der Waals surface area contributed by atoms with Crippen LogP contribution in [-0.4, -0.2) is 41.9 Å². The zero-order valence-corrected chi connectivity index (χ0v) is 13.6. The van der Waals surface area contributed by atoms with Crippen molar-refractivity contribution in [1.82, 2.24) is 14.3 Å². The minimum atomic E-state index is -3.49. The van der Waals surface area contributed by atoms with Crippen LogP contribution in [0.1, 0.15) is 0 Å². The lowest BCUT2D eigenvalue weighted by Gasteiger charge is -2.37. The summed E-state index contributed by atoms with van der Waals surface area (Å²) in [5, 5.41) is 1.04. The fourth-order valence-electron chi connectivity index (χ4n) is 2.60. The minimum Gasteiger partial charge on any atom is -0.472 e. The lowest BCUT2D eigenvalue weighted by Crippen LogP contribution is -2.56. The van der Waals surface area contributed by atoms with Crippen molar-refractivity contribution in [1.29, 1.82) is 0 Å². The highest BCUT2D eigenvalue weighted by Gasteiger charge is 2.38. The van der Waals surface area contributed by atoms with E-state index in [9.17, 15) is 8.42 Å². The second-order valence-electron chi connectivity index (χ2n) is 5.59. The van der Waals surface area contributed by atoms with Crippen molar-refractivity contribution in [2.45, 2.75) is 11.0 Å². The predicted molar refractivity (Wildman–Crippen MR) is 89.2 cm³/mol. The molecule has 0 saturated carbocycles. The van der Waals surface area contributed by atoms with Crippen LogP contribution in [-0.2, 0) is 10.0 Å². The van der Waals surface area contributed by atoms with Crippen LogP contribution in [0.3, 0.4) is 0 Å². The maximum absolute atomic E-state index is 12.4. The molecule has 1 aliphatic heterocycles. The Morgan fingerprint density at radius 3 is 2.67 bits per heavy atom. The summed E-state index contributed by atoms with van der Waals surface area (Å²) in [7, 11) is -3.49. The number of hydrogen-bond donors (Lipinski definition) is 0. The number of benzene rings is 1. The van der Waals surface area contributed by atoms with Gasteiger partial charge in [0, 0.05) is 23.8 Å². The molecule has 24 heavy (non-hydrogen) atoms. The normalized spacial score (nSPS) is 16.0. The van der Waals surface area contributed by atoms with Gasteiger partial charge in [0.15, 0.2) is 0 Å². The van der Waals surface area contributed by atoms with E-state index in [1.165, 1.54) is 10.5 Å². The van der Waals surface area contributed by atoms with Gasteiger partial charge in [0.25, 0.3) is 0 Å². The highest BCUT2D eigenvalue weighted by molar-refractivity contribution is 7.89. The van der Waals surface area contributed by atoms with Crippen molar-refractivity contribution in [3.63, 3.8) is 0 Å². The molecule has 1 saturated heterocycles. The number of sulfonamides is 1. The molecular weight excluding hydrogens is 326 g/mol. The highest BCUT2D eigenvalue weighted by Crippen LogP contribution is 2.24. The van der Waals surface area contributed by atoms with Crippen LogP contribution in [0, 0.1) is 0 Å². The van der Waals surface area contributed by atoms with Crippen molar-refractivity contribution in [2.75, 3.05) is 13.1 Å². The largest absolute Gasteiger partial charge is 0.472 e. The standard InChI is InChI=1S/C17H15N3O3S/c21-24(22,15-5-3-9-18-10-15)20-11-14(12-20)23-17-8-7-13-4-1-2-6-16(13)19-17/h1-10,14H,11-12H2. The van der Waals surface area contributed by atoms with Gasteiger partial charge in [-0.15, -0.1) is 0 Å². The van der Waals surface area contributed by atoms with Crippen molar-refractivity contribution >= 4 is 20.9 Å². The van der Waals surface area contributed by atoms with E-state index in [0.29, 0.717) is 19.0 Å². The first-order valence-corrected chi connectivity index (χ1v) is 8.99. The van der Waals surface area contributed by atoms with Crippen molar-refractivity contribution in [2.24, 2.45) is 0 Å². The molecule has 0 spiro atoms. The molecule has 3 aromatic rings. The van der Waals surface area contributed by atoms with E-state index in [4.69, 9.17) is 4.74 Å². The molecule has 1 fully saturated rings. The molecule has 1 aromatic carbocycles. The fraction of sp³-hybridized carbons (Fsp3) is 0.176. The minimum absolute atomic E-state index is 0.190. The topological polar surface area (TPSA) is 72.4 Å². The molecule has 4 rings (SSSR count). The molecule has 7 heteroatoms. The van der Waals surface area contributed by atoms with E-state index in [1.54, 1.807) is 24.4 Å². The predicted octanol–water partition coefficient (Wildman–Crippen LogP) is 2.08. The summed E-state index contributed by atoms with van der Waals surface area (Å²) < 4.78 is 32.0. The number of para-hydroxylation sites is 1. The lowest BCUT2D eigenvalue weighted by atomic mass is 10.2. The summed E-state index contributed by atoms with van der Waals surface area (Å²) in [6, 6.07) is 14.7. The summed E-state index contributed by atoms with van der Waals surface area (Å²) in [5.41, 5.74) is 0.856. The second-order valence-corrected chi connectivity index (χ2v) is 7.53. The summed E-state index contributed by atoms with van der Waals surface area (Å²) >= 11 is 0. The average Bonchev–Trinajstić information content (AvgIpc) is 2.58. The first kappa shape index (κ1) is 15.0. The molecule has 3 heterocycles. The van der Waals surface area contributed by atoms with Crippen LogP contribution in [0.5, 0.6) is 5.88 Å². The maximum Gasteiger partial charge on any atom is 0.244 e. The van der Waals surface area contributed by atoms with Gasteiger partial charge in [-0.3, -0.25) is 4.98 Å². The highest BCUT2D eigenvalue weighted by atomic mass is 32.2. The summed E-state index contributed by atoms with van der Waals surface area (Å²) in [5.74, 6) is 0.511. The van der Waals surface area contributed by atoms with Gasteiger partial charge in [0.2, 0.25) is 15.9 Å². The summed E-state index contributed by atoms with van der Waals surface area (Å²) in [6.07, 6.45) is 2.71. The number of ether oxygens (including phenoxy) is 1. The first-order chi connectivity index (χ1) is 11.6. The van der Waals surface area contributed by atoms with E-state index in [0.717, 1.165) is 10.9 Å². The Hall–Kier alpha value is -2.51. The van der Waals surface area contributed by atoms with Gasteiger partial charge in [-0.2, -0.15) is 4.31 Å². The Labute approximate surface area is 139 Å². The molecule has 6 nitrogen and oxygen atoms in total. The van der Waals surface area contributed by atoms with Gasteiger partial charge >= 0.3 is 0 Å². The third-order valence-electron chi connectivity index (χ3n) is 3.95. The van der Waals surface area contributed by atoms with Crippen LogP contribution < -0.4 is 4.74 Å². The van der Waals surface area contributed by atoms with Gasteiger partial charge < -0.3 is 4.74 Å². The van der Waals surface area contributed by atoms with Crippen molar-refractivity contribution in [3.8, 4) is 5.88 Å². The number of nitrogens with zero attached hydrogens (tertiary/aromatic N) is 3. The fourth-order valence-corrected chi connectivity index (χ4v) is 4.07. The molecule has 0 aliphatic carbocycles. The summed E-state index contributed by atoms with van der Waals surface area (Å²) in [6.45, 7) is 0.622. The van der Waals surface area contributed by atoms with E-state index < -0.39 is 10.0 Å². The summed E-state index contributed by atoms with van der Waals surface area (Å²) in [4.78, 5) is 8.50. The van der Waals surface area contributed by atoms with Gasteiger partial charge in [0.1, 0.15) is 11.0 Å². The van der Waals surface area contributed by atoms with E-state index in [-0.39, 0.29) is 11.0 Å². The van der Waals surface area contributed by atoms with Crippen molar-refractivity contribution in [3.05, 3.63) is 60.9 Å². The third kappa shape index (κ3) is 2.72. The monoisotopic (exact) mass is 341 g/mol. The Morgan fingerprint density at radius 1 is 1.04 bits per heavy atom. The second kappa shape index (κ2) is 5.85. The number of pyridine rings is 2. The lowest BCUT2D eigenvalue weighted by molar-refractivity contribution is 0.0724. The molecule has 0 N–H and O–H groups in total. The number of aromatic nitrogens is 2. The van der Waals surface area contributed by atoms with Crippen LogP contribution in [0.4, 0.5) is 0 Å². The number of rotatable bonds is 4. The Bertz CT molecular complexity index is 971. The quantitative estimate of drug-likeness (QED) is 0.726. The molecule has 1 aliphatic rings. The van der Waals surface area contributed by atoms with Gasteiger partial charge in [-0.1, -0.05) is 18.2 Å². The van der Waals surface area contributed by atoms with Crippen molar-refractivity contribution < 1.29 is 13.2 Å². The molecule has 0 bridgehead atoms. The number of fused-ring (bicyclic) bond motifs is 1. The molecular formula is C17H15N3O3S. The smallest absolute Gasteiger partial charge is 0.244 e. The third-order valence-corrected chi connectivity index (χ3v) is 5.76. The number of hydrogen-bond acceptors (Lipinski definition) is 5. The van der Waals surface area contributed by atoms with E-state index in [2.05, 4.69) is 9.97 Å². The van der Waals surface area contributed by atoms with E-state index in [1.807, 2.05) is 30.3 Å². The molecule has 0 unspecified atom stereocenters. The zero-order valence-electron chi connectivity index (χ0n) is 12.7. The Balaban J connectivity index is 1.44. The van der Waals surface area contributed by atoms with Crippen LogP contribution in [0.15, 0.2) is 65.8 Å². The molecule has 0 atom stereocenters. The Morgan fingerprint density at radius 2 is 1.88 bits per heavy atom. The zero-order chi connectivity index (χ0) is 16.6. The molecule has 2 aromatic heterocycles.